The third-order valence-corrected chi connectivity index (χ3v) is 1.02. The van der Waals surface area contributed by atoms with Gasteiger partial charge < -0.3 is 5.11 Å². The lowest BCUT2D eigenvalue weighted by molar-refractivity contribution is 0.261. The van der Waals surface area contributed by atoms with Gasteiger partial charge in [0, 0.05) is 11.8 Å². The molecule has 0 aromatic carbocycles. The van der Waals surface area contributed by atoms with Crippen molar-refractivity contribution in [1.82, 2.24) is 4.98 Å². The number of aliphatic hydroxyl groups is 1. The van der Waals surface area contributed by atoms with Crippen molar-refractivity contribution >= 4 is 0 Å². The Hall–Kier alpha value is -1.09. The molecule has 1 aromatic heterocycles. The standard InChI is InChI=1S/C6H6NO2/c8-4-5-2-1-3-7-6(5)9/h1-3,8H,4H2. The molecule has 1 heterocycles. The second-order valence-corrected chi connectivity index (χ2v) is 1.63. The number of hydrogen-bond acceptors (Lipinski definition) is 2. The molecule has 0 saturated carbocycles. The molecular formula is C6H6NO2. The summed E-state index contributed by atoms with van der Waals surface area (Å²) >= 11 is 0. The molecule has 1 N–H and O–H groups in total. The molecule has 0 atom stereocenters. The normalized spacial score (nSPS) is 9.44. The van der Waals surface area contributed by atoms with E-state index in [1.807, 2.05) is 0 Å². The van der Waals surface area contributed by atoms with Gasteiger partial charge in [-0.1, -0.05) is 0 Å². The van der Waals surface area contributed by atoms with E-state index in [0.29, 0.717) is 5.56 Å². The van der Waals surface area contributed by atoms with Crippen LogP contribution in [0.1, 0.15) is 5.56 Å². The molecule has 0 saturated heterocycles. The van der Waals surface area contributed by atoms with Gasteiger partial charge >= 0.3 is 0 Å². The van der Waals surface area contributed by atoms with E-state index < -0.39 is 0 Å². The monoisotopic (exact) mass is 124 g/mol. The van der Waals surface area contributed by atoms with Crippen LogP contribution in [0.25, 0.3) is 0 Å². The minimum absolute atomic E-state index is 0.229. The van der Waals surface area contributed by atoms with Crippen LogP contribution in [0.5, 0.6) is 5.88 Å². The quantitative estimate of drug-likeness (QED) is 0.599. The molecule has 0 spiro atoms. The van der Waals surface area contributed by atoms with E-state index in [9.17, 15) is 5.11 Å². The Balaban J connectivity index is 3.01. The Morgan fingerprint density at radius 1 is 1.67 bits per heavy atom. The topological polar surface area (TPSA) is 53.0 Å². The van der Waals surface area contributed by atoms with E-state index in [0.717, 1.165) is 0 Å². The van der Waals surface area contributed by atoms with Crippen LogP contribution in [0.2, 0.25) is 0 Å². The van der Waals surface area contributed by atoms with Gasteiger partial charge in [0.25, 0.3) is 5.88 Å². The minimum Gasteiger partial charge on any atom is -0.391 e. The lowest BCUT2D eigenvalue weighted by Gasteiger charge is -1.92. The fraction of sp³-hybridized carbons (Fsp3) is 0.167. The summed E-state index contributed by atoms with van der Waals surface area (Å²) in [5.74, 6) is -0.347. The lowest BCUT2D eigenvalue weighted by Crippen LogP contribution is -1.83. The number of rotatable bonds is 1. The summed E-state index contributed by atoms with van der Waals surface area (Å²) in [7, 11) is 0. The van der Waals surface area contributed by atoms with Crippen molar-refractivity contribution in [3.05, 3.63) is 23.9 Å². The highest BCUT2D eigenvalue weighted by atomic mass is 16.3. The SMILES string of the molecule is [O]c1ncccc1CO. The maximum absolute atomic E-state index is 10.6. The molecule has 47 valence electrons. The molecule has 0 bridgehead atoms. The van der Waals surface area contributed by atoms with E-state index in [1.165, 1.54) is 6.20 Å². The molecule has 0 fully saturated rings. The average molecular weight is 124 g/mol. The van der Waals surface area contributed by atoms with Gasteiger partial charge in [0.05, 0.1) is 6.61 Å². The van der Waals surface area contributed by atoms with Crippen molar-refractivity contribution in [2.75, 3.05) is 0 Å². The lowest BCUT2D eigenvalue weighted by atomic mass is 10.3. The van der Waals surface area contributed by atoms with Crippen LogP contribution in [0, 0.1) is 0 Å². The molecule has 1 radical (unpaired) electrons. The fourth-order valence-electron chi connectivity index (χ4n) is 0.544. The Bertz CT molecular complexity index is 200. The highest BCUT2D eigenvalue weighted by Crippen LogP contribution is 2.11. The molecule has 1 aromatic rings. The summed E-state index contributed by atoms with van der Waals surface area (Å²) in [5.41, 5.74) is 0.345. The Labute approximate surface area is 52.6 Å². The Morgan fingerprint density at radius 2 is 2.44 bits per heavy atom. The first-order valence-electron chi connectivity index (χ1n) is 2.56. The van der Waals surface area contributed by atoms with Gasteiger partial charge in [-0.2, -0.15) is 0 Å². The number of nitrogens with zero attached hydrogens (tertiary/aromatic N) is 1. The zero-order chi connectivity index (χ0) is 6.69. The Kier molecular flexibility index (Phi) is 1.65. The van der Waals surface area contributed by atoms with E-state index in [1.54, 1.807) is 12.1 Å². The van der Waals surface area contributed by atoms with Crippen molar-refractivity contribution in [1.29, 1.82) is 0 Å². The first-order valence-corrected chi connectivity index (χ1v) is 2.56. The summed E-state index contributed by atoms with van der Waals surface area (Å²) in [6, 6.07) is 3.17. The summed E-state index contributed by atoms with van der Waals surface area (Å²) in [4.78, 5) is 3.43. The third kappa shape index (κ3) is 1.17. The van der Waals surface area contributed by atoms with Crippen LogP contribution < -0.4 is 0 Å². The van der Waals surface area contributed by atoms with Crippen molar-refractivity contribution < 1.29 is 10.2 Å². The molecule has 0 aliphatic carbocycles. The zero-order valence-corrected chi connectivity index (χ0v) is 4.74. The smallest absolute Gasteiger partial charge is 0.275 e. The predicted octanol–water partition coefficient (Wildman–Crippen LogP) is 0.718. The van der Waals surface area contributed by atoms with E-state index in [4.69, 9.17) is 5.11 Å². The minimum atomic E-state index is -0.347. The summed E-state index contributed by atoms with van der Waals surface area (Å²) < 4.78 is 0. The van der Waals surface area contributed by atoms with Crippen LogP contribution in [-0.4, -0.2) is 10.1 Å². The zero-order valence-electron chi connectivity index (χ0n) is 4.74. The highest BCUT2D eigenvalue weighted by Gasteiger charge is 1.98. The van der Waals surface area contributed by atoms with E-state index in [2.05, 4.69) is 4.98 Å². The van der Waals surface area contributed by atoms with Crippen molar-refractivity contribution in [3.63, 3.8) is 0 Å². The van der Waals surface area contributed by atoms with Crippen molar-refractivity contribution in [2.45, 2.75) is 6.61 Å². The third-order valence-electron chi connectivity index (χ3n) is 1.02. The van der Waals surface area contributed by atoms with E-state index in [-0.39, 0.29) is 12.5 Å². The molecule has 0 aliphatic heterocycles. The van der Waals surface area contributed by atoms with Crippen LogP contribution in [0.3, 0.4) is 0 Å². The molecule has 0 amide bonds. The number of hydrogen-bond donors (Lipinski definition) is 1. The maximum Gasteiger partial charge on any atom is 0.275 e. The van der Waals surface area contributed by atoms with Crippen LogP contribution >= 0.6 is 0 Å². The van der Waals surface area contributed by atoms with Gasteiger partial charge in [0.1, 0.15) is 0 Å². The predicted molar refractivity (Wildman–Crippen MR) is 30.3 cm³/mol. The number of aromatic nitrogens is 1. The van der Waals surface area contributed by atoms with Gasteiger partial charge in [-0.05, 0) is 12.1 Å². The molecule has 3 nitrogen and oxygen atoms in total. The van der Waals surface area contributed by atoms with Crippen molar-refractivity contribution in [2.24, 2.45) is 0 Å². The Morgan fingerprint density at radius 3 is 2.89 bits per heavy atom. The maximum atomic E-state index is 10.6. The fourth-order valence-corrected chi connectivity index (χ4v) is 0.544. The van der Waals surface area contributed by atoms with Gasteiger partial charge in [0.2, 0.25) is 0 Å². The molecule has 0 unspecified atom stereocenters. The molecular weight excluding hydrogens is 118 g/mol. The second-order valence-electron chi connectivity index (χ2n) is 1.63. The van der Waals surface area contributed by atoms with Gasteiger partial charge in [0.15, 0.2) is 0 Å². The molecule has 3 heteroatoms. The van der Waals surface area contributed by atoms with Crippen LogP contribution in [-0.2, 0) is 11.7 Å². The number of pyridine rings is 1. The summed E-state index contributed by atoms with van der Waals surface area (Å²) in [6.45, 7) is -0.229. The largest absolute Gasteiger partial charge is 0.391 e. The van der Waals surface area contributed by atoms with Gasteiger partial charge in [-0.25, -0.2) is 4.98 Å². The number of aliphatic hydroxyl groups excluding tert-OH is 1. The summed E-state index contributed by atoms with van der Waals surface area (Å²) in [6.07, 6.45) is 1.40. The van der Waals surface area contributed by atoms with Crippen molar-refractivity contribution in [3.8, 4) is 5.88 Å². The van der Waals surface area contributed by atoms with Gasteiger partial charge in [-0.15, -0.1) is 0 Å². The average Bonchev–Trinajstić information content (AvgIpc) is 1.89. The van der Waals surface area contributed by atoms with E-state index >= 15 is 0 Å². The van der Waals surface area contributed by atoms with Gasteiger partial charge in [-0.3, -0.25) is 5.11 Å². The first kappa shape index (κ1) is 6.04. The highest BCUT2D eigenvalue weighted by molar-refractivity contribution is 5.22. The summed E-state index contributed by atoms with van der Waals surface area (Å²) in [5, 5.41) is 19.1. The van der Waals surface area contributed by atoms with Crippen LogP contribution in [0.15, 0.2) is 18.3 Å². The molecule has 9 heavy (non-hydrogen) atoms. The second kappa shape index (κ2) is 2.46. The molecule has 0 aliphatic rings. The molecule has 1 rings (SSSR count). The van der Waals surface area contributed by atoms with Crippen LogP contribution in [0.4, 0.5) is 0 Å². The first-order chi connectivity index (χ1) is 4.34.